The largest absolute Gasteiger partial charge is 0.457 e. The second-order valence-electron chi connectivity index (χ2n) is 5.46. The average molecular weight is 348 g/mol. The van der Waals surface area contributed by atoms with Crippen LogP contribution in [-0.2, 0) is 22.7 Å². The average Bonchev–Trinajstić information content (AvgIpc) is 2.72. The van der Waals surface area contributed by atoms with Gasteiger partial charge in [0.1, 0.15) is 13.2 Å². The van der Waals surface area contributed by atoms with Crippen LogP contribution in [-0.4, -0.2) is 21.9 Å². The van der Waals surface area contributed by atoms with Crippen molar-refractivity contribution >= 4 is 11.9 Å². The van der Waals surface area contributed by atoms with Crippen LogP contribution in [0.25, 0.3) is 0 Å². The molecule has 2 aromatic heterocycles. The number of pyridine rings is 2. The van der Waals surface area contributed by atoms with Crippen molar-refractivity contribution in [2.75, 3.05) is 0 Å². The minimum atomic E-state index is -0.438. The molecule has 2 heterocycles. The van der Waals surface area contributed by atoms with Crippen LogP contribution in [0.5, 0.6) is 0 Å². The summed E-state index contributed by atoms with van der Waals surface area (Å²) in [5.74, 6) is -0.877. The van der Waals surface area contributed by atoms with E-state index in [1.807, 2.05) is 24.3 Å². The van der Waals surface area contributed by atoms with Crippen molar-refractivity contribution in [1.29, 1.82) is 0 Å². The topological polar surface area (TPSA) is 78.4 Å². The van der Waals surface area contributed by atoms with Gasteiger partial charge in [-0.25, -0.2) is 9.59 Å². The minimum Gasteiger partial charge on any atom is -0.457 e. The molecule has 6 heteroatoms. The number of ether oxygens (including phenoxy) is 2. The first-order valence-corrected chi connectivity index (χ1v) is 7.94. The summed E-state index contributed by atoms with van der Waals surface area (Å²) in [5.41, 5.74) is 2.40. The molecule has 0 aliphatic heterocycles. The molecule has 26 heavy (non-hydrogen) atoms. The highest BCUT2D eigenvalue weighted by Gasteiger charge is 2.09. The van der Waals surface area contributed by atoms with Gasteiger partial charge in [0.05, 0.1) is 11.1 Å². The summed E-state index contributed by atoms with van der Waals surface area (Å²) in [4.78, 5) is 31.6. The Labute approximate surface area is 150 Å². The third-order valence-electron chi connectivity index (χ3n) is 3.53. The Balaban J connectivity index is 1.55. The van der Waals surface area contributed by atoms with Crippen molar-refractivity contribution < 1.29 is 19.1 Å². The van der Waals surface area contributed by atoms with Gasteiger partial charge in [-0.3, -0.25) is 9.97 Å². The lowest BCUT2D eigenvalue weighted by Gasteiger charge is -2.08. The fourth-order valence-electron chi connectivity index (χ4n) is 2.24. The molecule has 0 spiro atoms. The van der Waals surface area contributed by atoms with Crippen molar-refractivity contribution in [1.82, 2.24) is 9.97 Å². The molecule has 0 bridgehead atoms. The summed E-state index contributed by atoms with van der Waals surface area (Å²) in [6.45, 7) is 0.246. The highest BCUT2D eigenvalue weighted by Crippen LogP contribution is 2.11. The molecular formula is C20H16N2O4. The molecule has 0 radical (unpaired) electrons. The molecular weight excluding hydrogens is 332 g/mol. The Kier molecular flexibility index (Phi) is 5.67. The van der Waals surface area contributed by atoms with Crippen LogP contribution >= 0.6 is 0 Å². The number of hydrogen-bond donors (Lipinski definition) is 0. The maximum Gasteiger partial charge on any atom is 0.340 e. The van der Waals surface area contributed by atoms with Gasteiger partial charge in [-0.2, -0.15) is 0 Å². The van der Waals surface area contributed by atoms with Crippen LogP contribution < -0.4 is 0 Å². The van der Waals surface area contributed by atoms with Crippen LogP contribution in [0.1, 0.15) is 31.8 Å². The molecule has 0 aliphatic rings. The summed E-state index contributed by atoms with van der Waals surface area (Å²) < 4.78 is 10.5. The molecule has 0 amide bonds. The highest BCUT2D eigenvalue weighted by molar-refractivity contribution is 5.89. The first-order chi connectivity index (χ1) is 12.7. The van der Waals surface area contributed by atoms with E-state index >= 15 is 0 Å². The van der Waals surface area contributed by atoms with Crippen molar-refractivity contribution in [3.05, 3.63) is 95.6 Å². The molecule has 0 unspecified atom stereocenters. The van der Waals surface area contributed by atoms with Gasteiger partial charge in [0.25, 0.3) is 0 Å². The molecule has 0 aliphatic carbocycles. The van der Waals surface area contributed by atoms with Crippen molar-refractivity contribution in [3.8, 4) is 0 Å². The maximum absolute atomic E-state index is 11.9. The molecule has 1 aromatic carbocycles. The number of esters is 2. The molecule has 0 saturated heterocycles. The van der Waals surface area contributed by atoms with Crippen molar-refractivity contribution in [3.63, 3.8) is 0 Å². The van der Waals surface area contributed by atoms with Crippen LogP contribution in [0.3, 0.4) is 0 Å². The molecule has 3 rings (SSSR count). The van der Waals surface area contributed by atoms with Gasteiger partial charge in [-0.15, -0.1) is 0 Å². The molecule has 0 fully saturated rings. The van der Waals surface area contributed by atoms with Crippen LogP contribution in [0.15, 0.2) is 73.3 Å². The number of aromatic nitrogens is 2. The van der Waals surface area contributed by atoms with E-state index in [1.165, 1.54) is 12.4 Å². The first-order valence-electron chi connectivity index (χ1n) is 7.94. The second-order valence-corrected chi connectivity index (χ2v) is 5.46. The van der Waals surface area contributed by atoms with E-state index in [4.69, 9.17) is 9.47 Å². The smallest absolute Gasteiger partial charge is 0.340 e. The summed E-state index contributed by atoms with van der Waals surface area (Å²) in [6.07, 6.45) is 6.09. The molecule has 0 saturated carbocycles. The zero-order valence-electron chi connectivity index (χ0n) is 13.9. The number of carbonyl (C=O) groups is 2. The Morgan fingerprint density at radius 3 is 1.65 bits per heavy atom. The Morgan fingerprint density at radius 2 is 1.23 bits per heavy atom. The highest BCUT2D eigenvalue weighted by atomic mass is 16.5. The maximum atomic E-state index is 11.9. The fraction of sp³-hybridized carbons (Fsp3) is 0.100. The first kappa shape index (κ1) is 17.3. The minimum absolute atomic E-state index is 0.123. The SMILES string of the molecule is O=C(OCc1cccc(COC(=O)c2cccnc2)c1)c1cccnc1. The normalized spacial score (nSPS) is 10.2. The molecule has 0 N–H and O–H groups in total. The van der Waals surface area contributed by atoms with Gasteiger partial charge < -0.3 is 9.47 Å². The third-order valence-corrected chi connectivity index (χ3v) is 3.53. The van der Waals surface area contributed by atoms with Crippen molar-refractivity contribution in [2.24, 2.45) is 0 Å². The predicted molar refractivity (Wildman–Crippen MR) is 93.2 cm³/mol. The molecule has 130 valence electrons. The van der Waals surface area contributed by atoms with E-state index in [9.17, 15) is 9.59 Å². The van der Waals surface area contributed by atoms with E-state index in [1.54, 1.807) is 36.7 Å². The monoisotopic (exact) mass is 348 g/mol. The fourth-order valence-corrected chi connectivity index (χ4v) is 2.24. The van der Waals surface area contributed by atoms with Gasteiger partial charge in [-0.1, -0.05) is 18.2 Å². The van der Waals surface area contributed by atoms with E-state index in [2.05, 4.69) is 9.97 Å². The summed E-state index contributed by atoms with van der Waals surface area (Å²) in [5, 5.41) is 0. The standard InChI is InChI=1S/C20H16N2O4/c23-19(17-6-2-8-21-11-17)25-13-15-4-1-5-16(10-15)14-26-20(24)18-7-3-9-22-12-18/h1-12H,13-14H2. The lowest BCUT2D eigenvalue weighted by Crippen LogP contribution is -2.07. The van der Waals surface area contributed by atoms with Gasteiger partial charge in [-0.05, 0) is 41.5 Å². The van der Waals surface area contributed by atoms with Crippen molar-refractivity contribution in [2.45, 2.75) is 13.2 Å². The molecule has 0 atom stereocenters. The summed E-state index contributed by atoms with van der Waals surface area (Å²) in [7, 11) is 0. The van der Waals surface area contributed by atoms with Gasteiger partial charge >= 0.3 is 11.9 Å². The lowest BCUT2D eigenvalue weighted by molar-refractivity contribution is 0.0471. The van der Waals surface area contributed by atoms with Crippen LogP contribution in [0, 0.1) is 0 Å². The Morgan fingerprint density at radius 1 is 0.731 bits per heavy atom. The van der Waals surface area contributed by atoms with E-state index in [0.717, 1.165) is 11.1 Å². The summed E-state index contributed by atoms with van der Waals surface area (Å²) in [6, 6.07) is 14.0. The van der Waals surface area contributed by atoms with Gasteiger partial charge in [0.15, 0.2) is 0 Å². The van der Waals surface area contributed by atoms with Crippen LogP contribution in [0.4, 0.5) is 0 Å². The number of carbonyl (C=O) groups excluding carboxylic acids is 2. The quantitative estimate of drug-likeness (QED) is 0.637. The van der Waals surface area contributed by atoms with Gasteiger partial charge in [0, 0.05) is 24.8 Å². The zero-order valence-corrected chi connectivity index (χ0v) is 13.9. The van der Waals surface area contributed by atoms with E-state index < -0.39 is 11.9 Å². The Bertz CT molecular complexity index is 812. The van der Waals surface area contributed by atoms with E-state index in [-0.39, 0.29) is 13.2 Å². The number of nitrogens with zero attached hydrogens (tertiary/aromatic N) is 2. The Hall–Kier alpha value is -3.54. The molecule has 3 aromatic rings. The van der Waals surface area contributed by atoms with E-state index in [0.29, 0.717) is 11.1 Å². The number of benzene rings is 1. The summed E-state index contributed by atoms with van der Waals surface area (Å²) >= 11 is 0. The van der Waals surface area contributed by atoms with Crippen LogP contribution in [0.2, 0.25) is 0 Å². The molecule has 6 nitrogen and oxygen atoms in total. The second kappa shape index (κ2) is 8.53. The number of hydrogen-bond acceptors (Lipinski definition) is 6. The third kappa shape index (κ3) is 4.73. The van der Waals surface area contributed by atoms with Gasteiger partial charge in [0.2, 0.25) is 0 Å². The predicted octanol–water partition coefficient (Wildman–Crippen LogP) is 3.19. The number of rotatable bonds is 6. The lowest BCUT2D eigenvalue weighted by atomic mass is 10.1. The zero-order chi connectivity index (χ0) is 18.2.